The molecule has 32 heavy (non-hydrogen) atoms. The number of thiazole rings is 1. The van der Waals surface area contributed by atoms with Gasteiger partial charge in [0.25, 0.3) is 5.69 Å². The average molecular weight is 450 g/mol. The van der Waals surface area contributed by atoms with E-state index in [0.29, 0.717) is 11.6 Å². The van der Waals surface area contributed by atoms with Crippen molar-refractivity contribution in [2.24, 2.45) is 4.99 Å². The molecule has 1 heterocycles. The Morgan fingerprint density at radius 3 is 2.53 bits per heavy atom. The second-order valence-corrected chi connectivity index (χ2v) is 9.56. The predicted molar refractivity (Wildman–Crippen MR) is 132 cm³/mol. The van der Waals surface area contributed by atoms with Crippen LogP contribution in [0.15, 0.2) is 58.9 Å². The van der Waals surface area contributed by atoms with Crippen molar-refractivity contribution in [3.63, 3.8) is 0 Å². The van der Waals surface area contributed by atoms with E-state index in [0.717, 1.165) is 23.3 Å². The Hall–Kier alpha value is -2.73. The Kier molecular flexibility index (Phi) is 7.20. The molecule has 1 saturated carbocycles. The van der Waals surface area contributed by atoms with E-state index in [-0.39, 0.29) is 16.7 Å². The molecule has 1 atom stereocenters. The highest BCUT2D eigenvalue weighted by Crippen LogP contribution is 2.34. The Balaban J connectivity index is 1.75. The maximum atomic E-state index is 11.5. The van der Waals surface area contributed by atoms with E-state index in [1.54, 1.807) is 29.5 Å². The molecule has 0 bridgehead atoms. The molecule has 3 aromatic rings. The quantitative estimate of drug-likeness (QED) is 0.273. The number of nitrogens with zero attached hydrogens (tertiary/aromatic N) is 3. The van der Waals surface area contributed by atoms with E-state index in [9.17, 15) is 10.1 Å². The van der Waals surface area contributed by atoms with Crippen LogP contribution < -0.4 is 4.80 Å². The molecule has 0 aliphatic heterocycles. The Morgan fingerprint density at radius 2 is 1.84 bits per heavy atom. The van der Waals surface area contributed by atoms with Crippen LogP contribution in [0.1, 0.15) is 76.3 Å². The summed E-state index contributed by atoms with van der Waals surface area (Å²) in [4.78, 5) is 16.6. The minimum absolute atomic E-state index is 0.0361. The maximum absolute atomic E-state index is 11.5. The molecule has 5 nitrogen and oxygen atoms in total. The number of nitro benzene ring substituents is 1. The fourth-order valence-electron chi connectivity index (χ4n) is 4.76. The summed E-state index contributed by atoms with van der Waals surface area (Å²) in [7, 11) is 0. The van der Waals surface area contributed by atoms with Gasteiger partial charge in [-0.3, -0.25) is 10.1 Å². The van der Waals surface area contributed by atoms with Crippen molar-refractivity contribution in [1.82, 2.24) is 4.57 Å². The molecule has 0 radical (unpaired) electrons. The minimum Gasteiger partial charge on any atom is -0.314 e. The predicted octanol–water partition coefficient (Wildman–Crippen LogP) is 7.77. The molecule has 1 unspecified atom stereocenters. The number of benzene rings is 2. The summed E-state index contributed by atoms with van der Waals surface area (Å²) >= 11 is 1.55. The van der Waals surface area contributed by atoms with Crippen LogP contribution in [0.4, 0.5) is 11.4 Å². The molecule has 168 valence electrons. The number of hydrogen-bond acceptors (Lipinski definition) is 4. The van der Waals surface area contributed by atoms with Gasteiger partial charge in [0.2, 0.25) is 0 Å². The second kappa shape index (κ2) is 10.3. The lowest BCUT2D eigenvalue weighted by Gasteiger charge is -2.22. The van der Waals surface area contributed by atoms with Crippen LogP contribution in [0.25, 0.3) is 11.3 Å². The molecular weight excluding hydrogens is 418 g/mol. The van der Waals surface area contributed by atoms with Crippen molar-refractivity contribution in [3.05, 3.63) is 74.4 Å². The van der Waals surface area contributed by atoms with Crippen molar-refractivity contribution in [3.8, 4) is 11.3 Å². The first kappa shape index (κ1) is 22.5. The molecule has 0 amide bonds. The van der Waals surface area contributed by atoms with Crippen molar-refractivity contribution < 1.29 is 4.92 Å². The first-order chi connectivity index (χ1) is 15.6. The molecule has 0 spiro atoms. The molecule has 1 aromatic heterocycles. The van der Waals surface area contributed by atoms with E-state index in [1.165, 1.54) is 49.3 Å². The van der Waals surface area contributed by atoms with E-state index in [2.05, 4.69) is 48.1 Å². The second-order valence-electron chi connectivity index (χ2n) is 8.73. The lowest BCUT2D eigenvalue weighted by molar-refractivity contribution is -0.384. The lowest BCUT2D eigenvalue weighted by Crippen LogP contribution is -2.20. The van der Waals surface area contributed by atoms with E-state index >= 15 is 0 Å². The van der Waals surface area contributed by atoms with Gasteiger partial charge in [0.15, 0.2) is 4.80 Å². The molecule has 2 aromatic carbocycles. The third kappa shape index (κ3) is 4.85. The molecule has 1 fully saturated rings. The number of hydrogen-bond donors (Lipinski definition) is 0. The van der Waals surface area contributed by atoms with Crippen molar-refractivity contribution in [2.45, 2.75) is 70.8 Å². The molecular formula is C26H31N3O2S. The number of nitro groups is 1. The summed E-state index contributed by atoms with van der Waals surface area (Å²) in [6.45, 7) is 4.38. The van der Waals surface area contributed by atoms with Gasteiger partial charge in [-0.2, -0.15) is 0 Å². The summed E-state index contributed by atoms with van der Waals surface area (Å²) in [5.41, 5.74) is 4.18. The van der Waals surface area contributed by atoms with E-state index in [1.807, 2.05) is 0 Å². The van der Waals surface area contributed by atoms with Gasteiger partial charge in [0.1, 0.15) is 5.69 Å². The summed E-state index contributed by atoms with van der Waals surface area (Å²) in [6, 6.07) is 16.0. The summed E-state index contributed by atoms with van der Waals surface area (Å²) in [6.07, 6.45) is 8.71. The monoisotopic (exact) mass is 449 g/mol. The maximum Gasteiger partial charge on any atom is 0.294 e. The van der Waals surface area contributed by atoms with Gasteiger partial charge < -0.3 is 4.57 Å². The number of rotatable bonds is 7. The smallest absolute Gasteiger partial charge is 0.294 e. The summed E-state index contributed by atoms with van der Waals surface area (Å²) in [5.74, 6) is 0.690. The Bertz CT molecular complexity index is 1120. The third-order valence-corrected chi connectivity index (χ3v) is 7.31. The molecule has 4 rings (SSSR count). The summed E-state index contributed by atoms with van der Waals surface area (Å²) < 4.78 is 2.25. The average Bonchev–Trinajstić information content (AvgIpc) is 3.24. The van der Waals surface area contributed by atoms with E-state index < -0.39 is 0 Å². The third-order valence-electron chi connectivity index (χ3n) is 6.47. The van der Waals surface area contributed by atoms with Crippen LogP contribution >= 0.6 is 11.3 Å². The van der Waals surface area contributed by atoms with Crippen LogP contribution in [0.2, 0.25) is 0 Å². The highest BCUT2D eigenvalue weighted by molar-refractivity contribution is 7.07. The molecule has 6 heteroatoms. The SMILES string of the molecule is CCCC(C)n1c(-c2ccc(C3CCCCC3)cc2)csc1=Nc1ccccc1[N+](=O)[O-]. The van der Waals surface area contributed by atoms with Gasteiger partial charge in [0, 0.05) is 17.5 Å². The highest BCUT2D eigenvalue weighted by atomic mass is 32.1. The van der Waals surface area contributed by atoms with Crippen LogP contribution in [-0.2, 0) is 0 Å². The van der Waals surface area contributed by atoms with Gasteiger partial charge in [-0.1, -0.05) is 69.0 Å². The highest BCUT2D eigenvalue weighted by Gasteiger charge is 2.18. The normalized spacial score (nSPS) is 16.2. The zero-order chi connectivity index (χ0) is 22.5. The van der Waals surface area contributed by atoms with Crippen molar-refractivity contribution in [1.29, 1.82) is 0 Å². The van der Waals surface area contributed by atoms with Gasteiger partial charge in [-0.05, 0) is 49.3 Å². The zero-order valence-corrected chi connectivity index (χ0v) is 19.7. The minimum atomic E-state index is -0.364. The fraction of sp³-hybridized carbons (Fsp3) is 0.423. The van der Waals surface area contributed by atoms with E-state index in [4.69, 9.17) is 4.99 Å². The van der Waals surface area contributed by atoms with Gasteiger partial charge in [-0.15, -0.1) is 11.3 Å². The number of para-hydroxylation sites is 2. The largest absolute Gasteiger partial charge is 0.314 e. The van der Waals surface area contributed by atoms with Crippen LogP contribution in [-0.4, -0.2) is 9.49 Å². The molecule has 1 aliphatic rings. The standard InChI is InChI=1S/C26H31N3O2S/c1-3-9-19(2)28-25(22-16-14-21(15-17-22)20-10-5-4-6-11-20)18-32-26(28)27-23-12-7-8-13-24(23)29(30)31/h7-8,12-20H,3-6,9-11H2,1-2H3. The number of aromatic nitrogens is 1. The topological polar surface area (TPSA) is 60.4 Å². The van der Waals surface area contributed by atoms with Crippen LogP contribution in [0.3, 0.4) is 0 Å². The molecule has 0 N–H and O–H groups in total. The molecule has 0 saturated heterocycles. The van der Waals surface area contributed by atoms with Crippen molar-refractivity contribution in [2.75, 3.05) is 0 Å². The van der Waals surface area contributed by atoms with Crippen molar-refractivity contribution >= 4 is 22.7 Å². The van der Waals surface area contributed by atoms with Crippen LogP contribution in [0, 0.1) is 10.1 Å². The lowest BCUT2D eigenvalue weighted by atomic mass is 9.84. The van der Waals surface area contributed by atoms with Gasteiger partial charge >= 0.3 is 0 Å². The van der Waals surface area contributed by atoms with Gasteiger partial charge in [0.05, 0.1) is 10.6 Å². The first-order valence-electron chi connectivity index (χ1n) is 11.7. The van der Waals surface area contributed by atoms with Crippen LogP contribution in [0.5, 0.6) is 0 Å². The summed E-state index contributed by atoms with van der Waals surface area (Å²) in [5, 5.41) is 13.6. The Morgan fingerprint density at radius 1 is 1.12 bits per heavy atom. The molecule has 1 aliphatic carbocycles. The van der Waals surface area contributed by atoms with Gasteiger partial charge in [-0.25, -0.2) is 4.99 Å². The Labute approximate surface area is 193 Å². The fourth-order valence-corrected chi connectivity index (χ4v) is 5.77. The zero-order valence-electron chi connectivity index (χ0n) is 18.9. The first-order valence-corrected chi connectivity index (χ1v) is 12.5.